The third kappa shape index (κ3) is 3.72. The van der Waals surface area contributed by atoms with E-state index in [1.807, 2.05) is 24.3 Å². The lowest BCUT2D eigenvalue weighted by atomic mass is 9.89. The lowest BCUT2D eigenvalue weighted by Crippen LogP contribution is -2.43. The van der Waals surface area contributed by atoms with Crippen molar-refractivity contribution >= 4 is 8.32 Å². The van der Waals surface area contributed by atoms with Crippen molar-refractivity contribution in [2.75, 3.05) is 7.11 Å². The summed E-state index contributed by atoms with van der Waals surface area (Å²) >= 11 is 0. The second-order valence-corrected chi connectivity index (χ2v) is 14.1. The molecule has 0 amide bonds. The molecule has 0 aromatic heterocycles. The molecule has 0 saturated heterocycles. The van der Waals surface area contributed by atoms with Crippen molar-refractivity contribution in [3.05, 3.63) is 77.9 Å². The number of para-hydroxylation sites is 1. The molecule has 3 aromatic rings. The fourth-order valence-electron chi connectivity index (χ4n) is 3.51. The van der Waals surface area contributed by atoms with E-state index >= 15 is 0 Å². The zero-order valence-corrected chi connectivity index (χ0v) is 19.7. The van der Waals surface area contributed by atoms with E-state index < -0.39 is 8.32 Å². The summed E-state index contributed by atoms with van der Waals surface area (Å²) in [5.41, 5.74) is 4.51. The number of ether oxygens (including phenoxy) is 2. The predicted octanol–water partition coefficient (Wildman–Crippen LogP) is 7.23. The van der Waals surface area contributed by atoms with Crippen molar-refractivity contribution in [1.82, 2.24) is 0 Å². The first-order chi connectivity index (χ1) is 14.2. The van der Waals surface area contributed by atoms with Crippen LogP contribution in [0.4, 0.5) is 0 Å². The van der Waals surface area contributed by atoms with E-state index in [2.05, 4.69) is 76.3 Å². The predicted molar refractivity (Wildman–Crippen MR) is 125 cm³/mol. The van der Waals surface area contributed by atoms with E-state index in [1.165, 1.54) is 0 Å². The second-order valence-electron chi connectivity index (χ2n) is 9.38. The normalized spacial score (nSPS) is 15.6. The highest BCUT2D eigenvalue weighted by Crippen LogP contribution is 2.46. The van der Waals surface area contributed by atoms with Gasteiger partial charge in [0.05, 0.1) is 7.11 Å². The summed E-state index contributed by atoms with van der Waals surface area (Å²) in [6, 6.07) is 22.8. The maximum Gasteiger partial charge on any atom is 0.250 e. The molecule has 0 bridgehead atoms. The minimum Gasteiger partial charge on any atom is -0.544 e. The van der Waals surface area contributed by atoms with Gasteiger partial charge in [0.1, 0.15) is 23.4 Å². The molecular weight excluding hydrogens is 388 g/mol. The SMILES string of the molecule is COc1ccc2c(c1)-c1ccccc1OC2c1ccc(O[Si](C)(C)C(C)(C)C)cc1. The van der Waals surface area contributed by atoms with Gasteiger partial charge < -0.3 is 13.9 Å². The Labute approximate surface area is 180 Å². The summed E-state index contributed by atoms with van der Waals surface area (Å²) in [5, 5.41) is 0.167. The van der Waals surface area contributed by atoms with Crippen LogP contribution < -0.4 is 13.9 Å². The van der Waals surface area contributed by atoms with Gasteiger partial charge in [0.15, 0.2) is 0 Å². The van der Waals surface area contributed by atoms with Crippen LogP contribution in [-0.2, 0) is 0 Å². The lowest BCUT2D eigenvalue weighted by molar-refractivity contribution is 0.243. The first-order valence-corrected chi connectivity index (χ1v) is 13.3. The lowest BCUT2D eigenvalue weighted by Gasteiger charge is -2.36. The van der Waals surface area contributed by atoms with E-state index in [9.17, 15) is 0 Å². The fourth-order valence-corrected chi connectivity index (χ4v) is 4.54. The Morgan fingerprint density at radius 2 is 1.50 bits per heavy atom. The van der Waals surface area contributed by atoms with Crippen molar-refractivity contribution in [3.8, 4) is 28.4 Å². The summed E-state index contributed by atoms with van der Waals surface area (Å²) < 4.78 is 18.4. The number of fused-ring (bicyclic) bond motifs is 3. The third-order valence-corrected chi connectivity index (χ3v) is 10.7. The standard InChI is InChI=1S/C26H30O3Si/c1-26(2,3)30(5,6)29-19-13-11-18(12-14-19)25-22-16-15-20(27-4)17-23(22)21-9-7-8-10-24(21)28-25/h7-17,25H,1-6H3. The second kappa shape index (κ2) is 7.51. The van der Waals surface area contributed by atoms with Crippen LogP contribution in [0.3, 0.4) is 0 Å². The first kappa shape index (κ1) is 20.5. The molecule has 156 valence electrons. The molecule has 0 N–H and O–H groups in total. The molecule has 4 heteroatoms. The highest BCUT2D eigenvalue weighted by molar-refractivity contribution is 6.74. The molecule has 30 heavy (non-hydrogen) atoms. The average molecular weight is 419 g/mol. The van der Waals surface area contributed by atoms with Gasteiger partial charge in [-0.3, -0.25) is 0 Å². The highest BCUT2D eigenvalue weighted by atomic mass is 28.4. The van der Waals surface area contributed by atoms with Gasteiger partial charge in [0.25, 0.3) is 0 Å². The molecule has 0 aliphatic carbocycles. The monoisotopic (exact) mass is 418 g/mol. The fraction of sp³-hybridized carbons (Fsp3) is 0.308. The van der Waals surface area contributed by atoms with Crippen LogP contribution >= 0.6 is 0 Å². The number of hydrogen-bond acceptors (Lipinski definition) is 3. The molecule has 1 atom stereocenters. The maximum absolute atomic E-state index is 6.45. The molecule has 3 aromatic carbocycles. The van der Waals surface area contributed by atoms with Crippen LogP contribution in [0, 0.1) is 0 Å². The van der Waals surface area contributed by atoms with Crippen LogP contribution in [0.2, 0.25) is 18.1 Å². The molecular formula is C26H30O3Si. The van der Waals surface area contributed by atoms with Gasteiger partial charge >= 0.3 is 0 Å². The minimum absolute atomic E-state index is 0.164. The number of benzene rings is 3. The average Bonchev–Trinajstić information content (AvgIpc) is 2.72. The highest BCUT2D eigenvalue weighted by Gasteiger charge is 2.39. The largest absolute Gasteiger partial charge is 0.544 e. The van der Waals surface area contributed by atoms with E-state index in [0.717, 1.165) is 39.5 Å². The topological polar surface area (TPSA) is 27.7 Å². The minimum atomic E-state index is -1.86. The maximum atomic E-state index is 6.45. The van der Waals surface area contributed by atoms with Gasteiger partial charge in [0, 0.05) is 11.1 Å². The molecule has 1 aliphatic heterocycles. The van der Waals surface area contributed by atoms with Crippen molar-refractivity contribution in [2.45, 2.75) is 45.0 Å². The summed E-state index contributed by atoms with van der Waals surface area (Å²) in [7, 11) is -0.163. The summed E-state index contributed by atoms with van der Waals surface area (Å²) in [5.74, 6) is 2.67. The van der Waals surface area contributed by atoms with E-state index in [0.29, 0.717) is 0 Å². The van der Waals surface area contributed by atoms with Crippen LogP contribution in [0.1, 0.15) is 38.0 Å². The Morgan fingerprint density at radius 1 is 0.833 bits per heavy atom. The first-order valence-electron chi connectivity index (χ1n) is 10.4. The number of hydrogen-bond donors (Lipinski definition) is 0. The quantitative estimate of drug-likeness (QED) is 0.418. The Kier molecular flexibility index (Phi) is 5.14. The summed E-state index contributed by atoms with van der Waals surface area (Å²) in [6.45, 7) is 11.3. The van der Waals surface area contributed by atoms with Crippen LogP contribution in [0.25, 0.3) is 11.1 Å². The van der Waals surface area contributed by atoms with Gasteiger partial charge in [-0.1, -0.05) is 57.2 Å². The van der Waals surface area contributed by atoms with Crippen molar-refractivity contribution in [1.29, 1.82) is 0 Å². The van der Waals surface area contributed by atoms with Crippen LogP contribution in [-0.4, -0.2) is 15.4 Å². The van der Waals surface area contributed by atoms with Gasteiger partial charge in [-0.25, -0.2) is 0 Å². The molecule has 3 nitrogen and oxygen atoms in total. The van der Waals surface area contributed by atoms with Gasteiger partial charge in [-0.15, -0.1) is 0 Å². The molecule has 0 saturated carbocycles. The smallest absolute Gasteiger partial charge is 0.250 e. The Bertz CT molecular complexity index is 1050. The van der Waals surface area contributed by atoms with Crippen LogP contribution in [0.15, 0.2) is 66.7 Å². The molecule has 1 aliphatic rings. The Balaban J connectivity index is 1.69. The van der Waals surface area contributed by atoms with Crippen LogP contribution in [0.5, 0.6) is 17.2 Å². The van der Waals surface area contributed by atoms with Crippen molar-refractivity contribution in [3.63, 3.8) is 0 Å². The zero-order valence-electron chi connectivity index (χ0n) is 18.7. The molecule has 0 fully saturated rings. The molecule has 4 rings (SSSR count). The van der Waals surface area contributed by atoms with Crippen molar-refractivity contribution < 1.29 is 13.9 Å². The molecule has 1 heterocycles. The number of rotatable bonds is 4. The Morgan fingerprint density at radius 3 is 2.17 bits per heavy atom. The summed E-state index contributed by atoms with van der Waals surface area (Å²) in [4.78, 5) is 0. The molecule has 1 unspecified atom stereocenters. The van der Waals surface area contributed by atoms with Crippen molar-refractivity contribution in [2.24, 2.45) is 0 Å². The molecule has 0 radical (unpaired) electrons. The Hall–Kier alpha value is -2.72. The van der Waals surface area contributed by atoms with Gasteiger partial charge in [-0.05, 0) is 59.6 Å². The van der Waals surface area contributed by atoms with Gasteiger partial charge in [0.2, 0.25) is 8.32 Å². The van der Waals surface area contributed by atoms with E-state index in [4.69, 9.17) is 13.9 Å². The molecule has 0 spiro atoms. The van der Waals surface area contributed by atoms with Gasteiger partial charge in [-0.2, -0.15) is 0 Å². The zero-order chi connectivity index (χ0) is 21.5. The van der Waals surface area contributed by atoms with E-state index in [1.54, 1.807) is 7.11 Å². The van der Waals surface area contributed by atoms with E-state index in [-0.39, 0.29) is 11.1 Å². The summed E-state index contributed by atoms with van der Waals surface area (Å²) in [6.07, 6.45) is -0.164. The number of methoxy groups -OCH3 is 1. The third-order valence-electron chi connectivity index (χ3n) is 6.33.